The van der Waals surface area contributed by atoms with E-state index in [0.29, 0.717) is 27.4 Å². The van der Waals surface area contributed by atoms with E-state index in [2.05, 4.69) is 11.4 Å². The average molecular weight is 359 g/mol. The Morgan fingerprint density at radius 2 is 2.08 bits per heavy atom. The zero-order valence-electron chi connectivity index (χ0n) is 14.0. The Bertz CT molecular complexity index is 806. The maximum atomic E-state index is 12.5. The van der Waals surface area contributed by atoms with Crippen molar-refractivity contribution < 1.29 is 14.5 Å². The van der Waals surface area contributed by atoms with Gasteiger partial charge in [0.1, 0.15) is 0 Å². The van der Waals surface area contributed by atoms with Gasteiger partial charge in [-0.05, 0) is 25.7 Å². The quantitative estimate of drug-likeness (QED) is 0.489. The molecule has 1 aliphatic rings. The first-order valence-corrected chi connectivity index (χ1v) is 8.74. The Labute approximate surface area is 149 Å². The molecule has 0 fully saturated rings. The zero-order chi connectivity index (χ0) is 18.6. The van der Waals surface area contributed by atoms with E-state index in [1.54, 1.807) is 26.0 Å². The van der Waals surface area contributed by atoms with Gasteiger partial charge in [0.05, 0.1) is 39.7 Å². The molecular formula is C17H17N3O4S. The van der Waals surface area contributed by atoms with Crippen molar-refractivity contribution in [3.8, 4) is 6.07 Å². The highest BCUT2D eigenvalue weighted by Gasteiger charge is 2.35. The number of dihydropyridines is 1. The van der Waals surface area contributed by atoms with Crippen molar-refractivity contribution in [2.75, 3.05) is 12.9 Å². The van der Waals surface area contributed by atoms with E-state index in [4.69, 9.17) is 4.74 Å². The zero-order valence-corrected chi connectivity index (χ0v) is 14.8. The molecule has 7 nitrogen and oxygen atoms in total. The summed E-state index contributed by atoms with van der Waals surface area (Å²) in [7, 11) is 0. The first-order valence-electron chi connectivity index (χ1n) is 7.52. The number of allylic oxidation sites excluding steroid dienone is 2. The summed E-state index contributed by atoms with van der Waals surface area (Å²) in [5, 5.41) is 24.2. The van der Waals surface area contributed by atoms with Crippen LogP contribution in [0.1, 0.15) is 25.3 Å². The maximum Gasteiger partial charge on any atom is 0.336 e. The van der Waals surface area contributed by atoms with Crippen LogP contribution in [-0.4, -0.2) is 23.8 Å². The summed E-state index contributed by atoms with van der Waals surface area (Å²) in [6.07, 6.45) is 1.83. The van der Waals surface area contributed by atoms with E-state index in [0.717, 1.165) is 0 Å². The van der Waals surface area contributed by atoms with Crippen LogP contribution in [-0.2, 0) is 9.53 Å². The van der Waals surface area contributed by atoms with Crippen LogP contribution in [0.5, 0.6) is 0 Å². The van der Waals surface area contributed by atoms with Gasteiger partial charge in [0.2, 0.25) is 0 Å². The molecule has 25 heavy (non-hydrogen) atoms. The van der Waals surface area contributed by atoms with E-state index in [1.165, 1.54) is 23.9 Å². The van der Waals surface area contributed by atoms with Gasteiger partial charge in [0.25, 0.3) is 5.69 Å². The molecule has 1 atom stereocenters. The summed E-state index contributed by atoms with van der Waals surface area (Å²) in [6.45, 7) is 3.66. The summed E-state index contributed by atoms with van der Waals surface area (Å²) in [4.78, 5) is 22.8. The van der Waals surface area contributed by atoms with Crippen LogP contribution >= 0.6 is 11.8 Å². The average Bonchev–Trinajstić information content (AvgIpc) is 2.60. The van der Waals surface area contributed by atoms with Crippen LogP contribution in [0.25, 0.3) is 0 Å². The number of carbonyl (C=O) groups is 1. The van der Waals surface area contributed by atoms with Crippen LogP contribution in [0.4, 0.5) is 5.69 Å². The third kappa shape index (κ3) is 3.67. The molecule has 0 aliphatic carbocycles. The summed E-state index contributed by atoms with van der Waals surface area (Å²) in [6, 6.07) is 8.02. The molecule has 1 heterocycles. The second kappa shape index (κ2) is 7.85. The molecule has 0 saturated carbocycles. The second-order valence-corrected chi connectivity index (χ2v) is 6.04. The number of nitro benzene ring substituents is 1. The van der Waals surface area contributed by atoms with Crippen molar-refractivity contribution >= 4 is 23.4 Å². The number of esters is 1. The molecule has 0 radical (unpaired) electrons. The van der Waals surface area contributed by atoms with Gasteiger partial charge in [-0.3, -0.25) is 10.1 Å². The van der Waals surface area contributed by atoms with Gasteiger partial charge in [0.15, 0.2) is 0 Å². The second-order valence-electron chi connectivity index (χ2n) is 5.22. The van der Waals surface area contributed by atoms with Crippen molar-refractivity contribution in [1.82, 2.24) is 5.32 Å². The van der Waals surface area contributed by atoms with E-state index in [1.807, 2.05) is 6.26 Å². The van der Waals surface area contributed by atoms with E-state index in [-0.39, 0.29) is 12.3 Å². The molecule has 1 aromatic rings. The molecule has 8 heteroatoms. The van der Waals surface area contributed by atoms with Gasteiger partial charge >= 0.3 is 5.97 Å². The summed E-state index contributed by atoms with van der Waals surface area (Å²) in [5.41, 5.74) is 1.89. The predicted octanol–water partition coefficient (Wildman–Crippen LogP) is 3.22. The van der Waals surface area contributed by atoms with E-state index < -0.39 is 16.8 Å². The van der Waals surface area contributed by atoms with Crippen LogP contribution in [0.3, 0.4) is 0 Å². The lowest BCUT2D eigenvalue weighted by Gasteiger charge is -2.28. The normalized spacial score (nSPS) is 17.0. The number of ether oxygens (including phenoxy) is 1. The molecule has 0 saturated heterocycles. The molecule has 1 unspecified atom stereocenters. The third-order valence-electron chi connectivity index (χ3n) is 3.78. The fraction of sp³-hybridized carbons (Fsp3) is 0.294. The summed E-state index contributed by atoms with van der Waals surface area (Å²) in [5.74, 6) is -1.14. The molecule has 0 bridgehead atoms. The Hall–Kier alpha value is -2.79. The number of nitrogens with one attached hydrogen (secondary N) is 1. The lowest BCUT2D eigenvalue weighted by molar-refractivity contribution is -0.384. The number of nitriles is 1. The number of nitrogens with zero attached hydrogens (tertiary/aromatic N) is 2. The summed E-state index contributed by atoms with van der Waals surface area (Å²) < 4.78 is 5.14. The van der Waals surface area contributed by atoms with Gasteiger partial charge < -0.3 is 10.1 Å². The highest BCUT2D eigenvalue weighted by atomic mass is 32.2. The fourth-order valence-corrected chi connectivity index (χ4v) is 3.31. The Kier molecular flexibility index (Phi) is 5.83. The lowest BCUT2D eigenvalue weighted by Crippen LogP contribution is -2.28. The van der Waals surface area contributed by atoms with Crippen molar-refractivity contribution in [3.05, 3.63) is 61.8 Å². The van der Waals surface area contributed by atoms with Crippen LogP contribution in [0.2, 0.25) is 0 Å². The number of thioether (sulfide) groups is 1. The molecule has 1 aliphatic heterocycles. The van der Waals surface area contributed by atoms with Gasteiger partial charge in [0, 0.05) is 17.8 Å². The number of non-ortho nitro benzene ring substituents is 1. The molecule has 1 N–H and O–H groups in total. The first kappa shape index (κ1) is 18.5. The number of carbonyl (C=O) groups excluding carboxylic acids is 1. The van der Waals surface area contributed by atoms with Crippen molar-refractivity contribution in [1.29, 1.82) is 5.26 Å². The SMILES string of the molecule is CCOC(=O)C1=C(C)NC(SC)=C(C#N)C1c1ccc([N+](=O)[O-])cc1. The minimum atomic E-state index is -0.631. The number of hydrogen-bond acceptors (Lipinski definition) is 7. The monoisotopic (exact) mass is 359 g/mol. The molecule has 0 spiro atoms. The minimum Gasteiger partial charge on any atom is -0.463 e. The van der Waals surface area contributed by atoms with Crippen LogP contribution in [0, 0.1) is 21.4 Å². The van der Waals surface area contributed by atoms with Crippen LogP contribution < -0.4 is 5.32 Å². The van der Waals surface area contributed by atoms with Gasteiger partial charge in [-0.15, -0.1) is 11.8 Å². The molecule has 1 aromatic carbocycles. The largest absolute Gasteiger partial charge is 0.463 e. The summed E-state index contributed by atoms with van der Waals surface area (Å²) >= 11 is 1.37. The highest BCUT2D eigenvalue weighted by molar-refractivity contribution is 8.02. The number of hydrogen-bond donors (Lipinski definition) is 1. The predicted molar refractivity (Wildman–Crippen MR) is 94.5 cm³/mol. The third-order valence-corrected chi connectivity index (χ3v) is 4.51. The Balaban J connectivity index is 2.61. The Morgan fingerprint density at radius 1 is 1.44 bits per heavy atom. The minimum absolute atomic E-state index is 0.0522. The van der Waals surface area contributed by atoms with Gasteiger partial charge in [-0.2, -0.15) is 5.26 Å². The van der Waals surface area contributed by atoms with Crippen molar-refractivity contribution in [2.45, 2.75) is 19.8 Å². The standard InChI is InChI=1S/C17H17N3O4S/c1-4-24-17(21)14-10(2)19-16(25-3)13(9-18)15(14)11-5-7-12(8-6-11)20(22)23/h5-8,15,19H,4H2,1-3H3. The van der Waals surface area contributed by atoms with E-state index in [9.17, 15) is 20.2 Å². The van der Waals surface area contributed by atoms with Crippen molar-refractivity contribution in [3.63, 3.8) is 0 Å². The topological polar surface area (TPSA) is 105 Å². The lowest BCUT2D eigenvalue weighted by atomic mass is 9.82. The van der Waals surface area contributed by atoms with Gasteiger partial charge in [-0.1, -0.05) is 12.1 Å². The van der Waals surface area contributed by atoms with Gasteiger partial charge in [-0.25, -0.2) is 4.79 Å². The molecule has 0 aromatic heterocycles. The number of nitro groups is 1. The fourth-order valence-electron chi connectivity index (χ4n) is 2.67. The van der Waals surface area contributed by atoms with Crippen LogP contribution in [0.15, 0.2) is 46.1 Å². The van der Waals surface area contributed by atoms with E-state index >= 15 is 0 Å². The molecule has 2 rings (SSSR count). The first-order chi connectivity index (χ1) is 11.9. The highest BCUT2D eigenvalue weighted by Crippen LogP contribution is 2.40. The number of rotatable bonds is 5. The maximum absolute atomic E-state index is 12.5. The molecule has 130 valence electrons. The number of benzene rings is 1. The Morgan fingerprint density at radius 3 is 2.56 bits per heavy atom. The van der Waals surface area contributed by atoms with Crippen molar-refractivity contribution in [2.24, 2.45) is 0 Å². The molecular weight excluding hydrogens is 342 g/mol. The smallest absolute Gasteiger partial charge is 0.336 e. The molecule has 0 amide bonds.